The molecule has 25 heavy (non-hydrogen) atoms. The predicted molar refractivity (Wildman–Crippen MR) is 94.2 cm³/mol. The van der Waals surface area contributed by atoms with E-state index in [1.54, 1.807) is 29.2 Å². The second-order valence-corrected chi connectivity index (χ2v) is 8.31. The summed E-state index contributed by atoms with van der Waals surface area (Å²) in [7, 11) is -3.31. The number of hydrogen-bond donors (Lipinski definition) is 3. The van der Waals surface area contributed by atoms with Crippen LogP contribution in [0.25, 0.3) is 0 Å². The summed E-state index contributed by atoms with van der Waals surface area (Å²) in [4.78, 5) is 25.1. The van der Waals surface area contributed by atoms with Gasteiger partial charge in [-0.25, -0.2) is 8.42 Å². The van der Waals surface area contributed by atoms with Gasteiger partial charge >= 0.3 is 0 Å². The Morgan fingerprint density at radius 1 is 1.28 bits per heavy atom. The first kappa shape index (κ1) is 19.5. The van der Waals surface area contributed by atoms with Gasteiger partial charge in [0.05, 0.1) is 30.2 Å². The van der Waals surface area contributed by atoms with Gasteiger partial charge in [-0.1, -0.05) is 0 Å². The lowest BCUT2D eigenvalue weighted by atomic mass is 10.1. The molecule has 1 amide bonds. The van der Waals surface area contributed by atoms with Gasteiger partial charge < -0.3 is 16.2 Å². The standard InChI is InChI=1S/C16H23N3O5S/c1-11(20)12-2-4-13(5-3-12)18-16(22)8-19(7-6-17)14-9-25(23,24)10-15(14)21/h2-5,14-15,21H,6-10,17H2,1H3,(H,18,22). The van der Waals surface area contributed by atoms with Gasteiger partial charge in [-0.3, -0.25) is 14.5 Å². The number of benzene rings is 1. The maximum atomic E-state index is 12.2. The monoisotopic (exact) mass is 369 g/mol. The second-order valence-electron chi connectivity index (χ2n) is 6.15. The molecule has 2 rings (SSSR count). The number of nitrogens with one attached hydrogen (secondary N) is 1. The van der Waals surface area contributed by atoms with Crippen LogP contribution in [0.15, 0.2) is 24.3 Å². The van der Waals surface area contributed by atoms with Gasteiger partial charge in [0, 0.05) is 24.3 Å². The summed E-state index contributed by atoms with van der Waals surface area (Å²) in [5.74, 6) is -0.898. The zero-order valence-electron chi connectivity index (χ0n) is 14.0. The fraction of sp³-hybridized carbons (Fsp3) is 0.500. The number of anilines is 1. The summed E-state index contributed by atoms with van der Waals surface area (Å²) in [6, 6.07) is 5.83. The first-order valence-electron chi connectivity index (χ1n) is 7.95. The van der Waals surface area contributed by atoms with Crippen molar-refractivity contribution >= 4 is 27.2 Å². The van der Waals surface area contributed by atoms with Gasteiger partial charge in [-0.05, 0) is 31.2 Å². The molecule has 138 valence electrons. The van der Waals surface area contributed by atoms with E-state index in [9.17, 15) is 23.1 Å². The van der Waals surface area contributed by atoms with Crippen molar-refractivity contribution < 1.29 is 23.1 Å². The van der Waals surface area contributed by atoms with Crippen molar-refractivity contribution in [1.29, 1.82) is 0 Å². The summed E-state index contributed by atoms with van der Waals surface area (Å²) < 4.78 is 23.4. The van der Waals surface area contributed by atoms with E-state index in [0.29, 0.717) is 17.8 Å². The summed E-state index contributed by atoms with van der Waals surface area (Å²) in [5.41, 5.74) is 6.62. The van der Waals surface area contributed by atoms with Crippen LogP contribution in [0.4, 0.5) is 5.69 Å². The van der Waals surface area contributed by atoms with Crippen LogP contribution in [0, 0.1) is 0 Å². The molecule has 9 heteroatoms. The SMILES string of the molecule is CC(=O)c1ccc(NC(=O)CN(CCN)C2CS(=O)(=O)CC2O)cc1. The number of aliphatic hydroxyl groups excluding tert-OH is 1. The average molecular weight is 369 g/mol. The van der Waals surface area contributed by atoms with Gasteiger partial charge in [0.25, 0.3) is 0 Å². The van der Waals surface area contributed by atoms with Crippen LogP contribution >= 0.6 is 0 Å². The van der Waals surface area contributed by atoms with E-state index >= 15 is 0 Å². The van der Waals surface area contributed by atoms with E-state index < -0.39 is 22.0 Å². The zero-order valence-corrected chi connectivity index (χ0v) is 14.8. The lowest BCUT2D eigenvalue weighted by Gasteiger charge is -2.29. The van der Waals surface area contributed by atoms with Gasteiger partial charge in [0.1, 0.15) is 0 Å². The van der Waals surface area contributed by atoms with Crippen LogP contribution in [0.3, 0.4) is 0 Å². The van der Waals surface area contributed by atoms with Crippen molar-refractivity contribution in [1.82, 2.24) is 4.90 Å². The Morgan fingerprint density at radius 3 is 2.40 bits per heavy atom. The quantitative estimate of drug-likeness (QED) is 0.539. The Morgan fingerprint density at radius 2 is 1.92 bits per heavy atom. The first-order valence-corrected chi connectivity index (χ1v) is 9.77. The minimum absolute atomic E-state index is 0.0663. The number of rotatable bonds is 7. The number of carbonyl (C=O) groups is 2. The van der Waals surface area contributed by atoms with Gasteiger partial charge in [-0.15, -0.1) is 0 Å². The maximum absolute atomic E-state index is 12.2. The molecule has 0 aromatic heterocycles. The van der Waals surface area contributed by atoms with E-state index in [1.807, 2.05) is 0 Å². The van der Waals surface area contributed by atoms with Gasteiger partial charge in [0.15, 0.2) is 15.6 Å². The Kier molecular flexibility index (Phi) is 6.28. The largest absolute Gasteiger partial charge is 0.390 e. The topological polar surface area (TPSA) is 130 Å². The highest BCUT2D eigenvalue weighted by atomic mass is 32.2. The lowest BCUT2D eigenvalue weighted by Crippen LogP contribution is -2.48. The molecule has 1 saturated heterocycles. The molecule has 4 N–H and O–H groups in total. The third-order valence-electron chi connectivity index (χ3n) is 4.10. The minimum atomic E-state index is -3.31. The highest BCUT2D eigenvalue weighted by Gasteiger charge is 2.40. The predicted octanol–water partition coefficient (Wildman–Crippen LogP) is -0.754. The molecule has 1 aliphatic heterocycles. The highest BCUT2D eigenvalue weighted by molar-refractivity contribution is 7.91. The van der Waals surface area contributed by atoms with Crippen LogP contribution in [-0.2, 0) is 14.6 Å². The van der Waals surface area contributed by atoms with E-state index in [-0.39, 0.29) is 36.3 Å². The van der Waals surface area contributed by atoms with Crippen molar-refractivity contribution in [2.75, 3.05) is 36.5 Å². The van der Waals surface area contributed by atoms with E-state index in [1.165, 1.54) is 6.92 Å². The Bertz CT molecular complexity index is 733. The van der Waals surface area contributed by atoms with Crippen molar-refractivity contribution in [2.45, 2.75) is 19.1 Å². The molecule has 1 aromatic rings. The molecule has 1 heterocycles. The molecule has 1 fully saturated rings. The number of carbonyl (C=O) groups excluding carboxylic acids is 2. The van der Waals surface area contributed by atoms with E-state index in [4.69, 9.17) is 5.73 Å². The molecule has 2 atom stereocenters. The molecule has 8 nitrogen and oxygen atoms in total. The molecule has 1 aromatic carbocycles. The maximum Gasteiger partial charge on any atom is 0.238 e. The molecule has 0 spiro atoms. The number of nitrogens with two attached hydrogens (primary N) is 1. The Hall–Kier alpha value is -1.81. The number of amides is 1. The smallest absolute Gasteiger partial charge is 0.238 e. The van der Waals surface area contributed by atoms with E-state index in [0.717, 1.165) is 0 Å². The Balaban J connectivity index is 2.01. The summed E-state index contributed by atoms with van der Waals surface area (Å²) in [5, 5.41) is 12.7. The summed E-state index contributed by atoms with van der Waals surface area (Å²) in [6.45, 7) is 1.92. The number of hydrogen-bond acceptors (Lipinski definition) is 7. The minimum Gasteiger partial charge on any atom is -0.390 e. The van der Waals surface area contributed by atoms with Crippen LogP contribution in [0.1, 0.15) is 17.3 Å². The summed E-state index contributed by atoms with van der Waals surface area (Å²) in [6.07, 6.45) is -1.03. The highest BCUT2D eigenvalue weighted by Crippen LogP contribution is 2.18. The Labute approximate surface area is 146 Å². The number of Topliss-reactive ketones (excluding diaryl/α,β-unsaturated/α-hetero) is 1. The third-order valence-corrected chi connectivity index (χ3v) is 5.80. The number of sulfone groups is 1. The molecular weight excluding hydrogens is 346 g/mol. The van der Waals surface area contributed by atoms with E-state index in [2.05, 4.69) is 5.32 Å². The fourth-order valence-corrected chi connectivity index (χ4v) is 4.69. The molecule has 0 aliphatic carbocycles. The lowest BCUT2D eigenvalue weighted by molar-refractivity contribution is -0.118. The number of aliphatic hydroxyl groups is 1. The molecule has 0 saturated carbocycles. The third kappa shape index (κ3) is 5.33. The van der Waals surface area contributed by atoms with Crippen molar-refractivity contribution in [3.05, 3.63) is 29.8 Å². The van der Waals surface area contributed by atoms with Crippen LogP contribution in [0.5, 0.6) is 0 Å². The number of nitrogens with zero attached hydrogens (tertiary/aromatic N) is 1. The molecular formula is C16H23N3O5S. The fourth-order valence-electron chi connectivity index (χ4n) is 2.86. The molecule has 0 radical (unpaired) electrons. The normalized spacial score (nSPS) is 22.1. The molecule has 0 bridgehead atoms. The average Bonchev–Trinajstić information content (AvgIpc) is 2.80. The van der Waals surface area contributed by atoms with Crippen LogP contribution in [0.2, 0.25) is 0 Å². The summed E-state index contributed by atoms with van der Waals surface area (Å²) >= 11 is 0. The van der Waals surface area contributed by atoms with Crippen LogP contribution in [-0.4, -0.2) is 73.4 Å². The van der Waals surface area contributed by atoms with Gasteiger partial charge in [-0.2, -0.15) is 0 Å². The zero-order chi connectivity index (χ0) is 18.6. The first-order chi connectivity index (χ1) is 11.7. The second kappa shape index (κ2) is 8.05. The van der Waals surface area contributed by atoms with Crippen LogP contribution < -0.4 is 11.1 Å². The van der Waals surface area contributed by atoms with Crippen molar-refractivity contribution in [2.24, 2.45) is 5.73 Å². The number of ketones is 1. The molecule has 1 aliphatic rings. The van der Waals surface area contributed by atoms with Crippen molar-refractivity contribution in [3.63, 3.8) is 0 Å². The van der Waals surface area contributed by atoms with Crippen molar-refractivity contribution in [3.8, 4) is 0 Å². The molecule has 2 unspecified atom stereocenters. The van der Waals surface area contributed by atoms with Gasteiger partial charge in [0.2, 0.25) is 5.91 Å².